The minimum Gasteiger partial charge on any atom is -0.467 e. The van der Waals surface area contributed by atoms with Gasteiger partial charge in [-0.3, -0.25) is 0 Å². The first-order valence-corrected chi connectivity index (χ1v) is 14.5. The first-order chi connectivity index (χ1) is 15.9. The Morgan fingerprint density at radius 1 is 1.06 bits per heavy atom. The van der Waals surface area contributed by atoms with E-state index in [1.54, 1.807) is 13.8 Å². The summed E-state index contributed by atoms with van der Waals surface area (Å²) in [4.78, 5) is 37.9. The topological polar surface area (TPSA) is 127 Å². The van der Waals surface area contributed by atoms with Crippen molar-refractivity contribution in [3.8, 4) is 0 Å². The maximum atomic E-state index is 13.1. The molecule has 1 N–H and O–H groups in total. The summed E-state index contributed by atoms with van der Waals surface area (Å²) in [7, 11) is 0.851. The Kier molecular flexibility index (Phi) is 10.3. The van der Waals surface area contributed by atoms with Crippen LogP contribution in [0.4, 0.5) is 0 Å². The molecule has 11 heteroatoms. The molecule has 1 aliphatic rings. The third-order valence-corrected chi connectivity index (χ3v) is 11.0. The molecule has 0 bridgehead atoms. The van der Waals surface area contributed by atoms with Gasteiger partial charge in [0.15, 0.2) is 14.1 Å². The van der Waals surface area contributed by atoms with Crippen molar-refractivity contribution in [2.24, 2.45) is 0 Å². The van der Waals surface area contributed by atoms with Gasteiger partial charge in [0.1, 0.15) is 12.2 Å². The molecule has 1 heterocycles. The predicted octanol–water partition coefficient (Wildman–Crippen LogP) is 2.87. The van der Waals surface area contributed by atoms with E-state index in [0.717, 1.165) is 21.3 Å². The second kappa shape index (κ2) is 11.5. The maximum absolute atomic E-state index is 13.1. The second-order valence-electron chi connectivity index (χ2n) is 10.6. The van der Waals surface area contributed by atoms with Gasteiger partial charge in [0, 0.05) is 6.08 Å². The van der Waals surface area contributed by atoms with Crippen LogP contribution in [0.2, 0.25) is 18.1 Å². The normalized spacial score (nSPS) is 23.3. The summed E-state index contributed by atoms with van der Waals surface area (Å²) < 4.78 is 33.2. The molecule has 1 aliphatic heterocycles. The average molecular weight is 519 g/mol. The molecule has 0 aromatic heterocycles. The van der Waals surface area contributed by atoms with E-state index in [1.165, 1.54) is 0 Å². The summed E-state index contributed by atoms with van der Waals surface area (Å²) in [5.74, 6) is -4.60. The zero-order valence-corrected chi connectivity index (χ0v) is 23.8. The molecular formula is C24H42O10Si. The van der Waals surface area contributed by atoms with Gasteiger partial charge in [-0.2, -0.15) is 0 Å². The maximum Gasteiger partial charge on any atom is 0.345 e. The highest BCUT2D eigenvalue weighted by Crippen LogP contribution is 2.44. The lowest BCUT2D eigenvalue weighted by molar-refractivity contribution is -0.187. The highest BCUT2D eigenvalue weighted by molar-refractivity contribution is 6.74. The molecule has 202 valence electrons. The van der Waals surface area contributed by atoms with E-state index in [4.69, 9.17) is 23.4 Å². The molecule has 1 rings (SSSR count). The van der Waals surface area contributed by atoms with Crippen LogP contribution in [0.5, 0.6) is 0 Å². The molecule has 4 atom stereocenters. The summed E-state index contributed by atoms with van der Waals surface area (Å²) in [5.41, 5.74) is -3.46. The lowest BCUT2D eigenvalue weighted by atomic mass is 9.82. The van der Waals surface area contributed by atoms with Crippen LogP contribution in [0.15, 0.2) is 11.6 Å². The number of ether oxygens (including phenoxy) is 5. The van der Waals surface area contributed by atoms with Crippen molar-refractivity contribution in [2.75, 3.05) is 21.3 Å². The van der Waals surface area contributed by atoms with Gasteiger partial charge in [-0.1, -0.05) is 34.1 Å². The summed E-state index contributed by atoms with van der Waals surface area (Å²) in [6, 6.07) is 0. The molecule has 0 unspecified atom stereocenters. The Hall–Kier alpha value is -1.79. The molecule has 0 aliphatic carbocycles. The van der Waals surface area contributed by atoms with Crippen molar-refractivity contribution in [3.63, 3.8) is 0 Å². The fraction of sp³-hybridized carbons (Fsp3) is 0.792. The molecule has 0 saturated carbocycles. The number of methoxy groups -OCH3 is 3. The van der Waals surface area contributed by atoms with E-state index in [1.807, 2.05) is 6.92 Å². The monoisotopic (exact) mass is 518 g/mol. The number of carbonyl (C=O) groups excluding carboxylic acids is 3. The predicted molar refractivity (Wildman–Crippen MR) is 130 cm³/mol. The number of esters is 3. The molecule has 0 aromatic rings. The van der Waals surface area contributed by atoms with Gasteiger partial charge in [0.25, 0.3) is 0 Å². The Bertz CT molecular complexity index is 814. The molecular weight excluding hydrogens is 476 g/mol. The standard InChI is InChI=1S/C24H42O10Si/c1-12-13-16(34-35(10,11)22(2,3)4)18-19(33-23(5,6)32-18)24(28,21(27)31-9)15(20(26)30-8)14-17(25)29-7/h14,16,18-19,28H,12-13H2,1-11H3/b15-14+/t16-,18-,19+,24-/m0/s1. The van der Waals surface area contributed by atoms with Crippen LogP contribution in [0, 0.1) is 0 Å². The van der Waals surface area contributed by atoms with Crippen LogP contribution in [0.1, 0.15) is 54.4 Å². The summed E-state index contributed by atoms with van der Waals surface area (Å²) in [5, 5.41) is 11.7. The van der Waals surface area contributed by atoms with Crippen LogP contribution >= 0.6 is 0 Å². The van der Waals surface area contributed by atoms with E-state index >= 15 is 0 Å². The molecule has 0 amide bonds. The van der Waals surface area contributed by atoms with Crippen molar-refractivity contribution < 1.29 is 47.6 Å². The van der Waals surface area contributed by atoms with Crippen LogP contribution in [0.3, 0.4) is 0 Å². The molecule has 35 heavy (non-hydrogen) atoms. The zero-order valence-electron chi connectivity index (χ0n) is 22.8. The van der Waals surface area contributed by atoms with Gasteiger partial charge in [0.2, 0.25) is 5.60 Å². The Labute approximate surface area is 209 Å². The van der Waals surface area contributed by atoms with E-state index in [9.17, 15) is 19.5 Å². The van der Waals surface area contributed by atoms with Crippen molar-refractivity contribution in [1.29, 1.82) is 0 Å². The lowest BCUT2D eigenvalue weighted by Crippen LogP contribution is -2.60. The van der Waals surface area contributed by atoms with E-state index in [-0.39, 0.29) is 5.04 Å². The Morgan fingerprint density at radius 3 is 2.06 bits per heavy atom. The van der Waals surface area contributed by atoms with Gasteiger partial charge < -0.3 is 33.2 Å². The number of hydrogen-bond acceptors (Lipinski definition) is 10. The summed E-state index contributed by atoms with van der Waals surface area (Å²) in [6.07, 6.45) is -1.13. The quantitative estimate of drug-likeness (QED) is 0.200. The highest BCUT2D eigenvalue weighted by Gasteiger charge is 2.62. The molecule has 0 aromatic carbocycles. The second-order valence-corrected chi connectivity index (χ2v) is 15.3. The number of carbonyl (C=O) groups is 3. The zero-order chi connectivity index (χ0) is 27.4. The van der Waals surface area contributed by atoms with Gasteiger partial charge >= 0.3 is 17.9 Å². The number of aliphatic hydroxyl groups is 1. The first kappa shape index (κ1) is 31.2. The van der Waals surface area contributed by atoms with Crippen LogP contribution in [-0.4, -0.2) is 82.4 Å². The summed E-state index contributed by atoms with van der Waals surface area (Å²) >= 11 is 0. The fourth-order valence-electron chi connectivity index (χ4n) is 3.66. The Morgan fingerprint density at radius 2 is 1.63 bits per heavy atom. The SMILES string of the molecule is CCC[C@H](O[Si](C)(C)C(C)(C)C)[C@@H]1OC(C)(C)O[C@H]1[C@](O)(C(=O)OC)/C(=C/C(=O)OC)C(=O)OC. The van der Waals surface area contributed by atoms with Crippen LogP contribution in [-0.2, 0) is 42.5 Å². The van der Waals surface area contributed by atoms with E-state index in [2.05, 4.69) is 38.6 Å². The van der Waals surface area contributed by atoms with E-state index < -0.39 is 61.5 Å². The lowest BCUT2D eigenvalue weighted by Gasteiger charge is -2.42. The smallest absolute Gasteiger partial charge is 0.345 e. The third kappa shape index (κ3) is 6.91. The molecule has 0 radical (unpaired) electrons. The van der Waals surface area contributed by atoms with Gasteiger partial charge in [0.05, 0.1) is 33.0 Å². The van der Waals surface area contributed by atoms with Crippen molar-refractivity contribution in [2.45, 2.75) is 102 Å². The highest BCUT2D eigenvalue weighted by atomic mass is 28.4. The van der Waals surface area contributed by atoms with Crippen LogP contribution in [0.25, 0.3) is 0 Å². The fourth-order valence-corrected chi connectivity index (χ4v) is 5.02. The van der Waals surface area contributed by atoms with Crippen molar-refractivity contribution in [1.82, 2.24) is 0 Å². The first-order valence-electron chi connectivity index (χ1n) is 11.6. The summed E-state index contributed by atoms with van der Waals surface area (Å²) in [6.45, 7) is 15.6. The van der Waals surface area contributed by atoms with Gasteiger partial charge in [-0.05, 0) is 38.4 Å². The van der Waals surface area contributed by atoms with Crippen molar-refractivity contribution in [3.05, 3.63) is 11.6 Å². The molecule has 1 saturated heterocycles. The van der Waals surface area contributed by atoms with Gasteiger partial charge in [-0.25, -0.2) is 14.4 Å². The molecule has 0 spiro atoms. The third-order valence-electron chi connectivity index (χ3n) is 6.51. The number of hydrogen-bond donors (Lipinski definition) is 1. The molecule has 1 fully saturated rings. The van der Waals surface area contributed by atoms with Crippen molar-refractivity contribution >= 4 is 26.2 Å². The van der Waals surface area contributed by atoms with Crippen LogP contribution < -0.4 is 0 Å². The Balaban J connectivity index is 3.79. The molecule has 10 nitrogen and oxygen atoms in total. The minimum atomic E-state index is -2.77. The average Bonchev–Trinajstić information content (AvgIpc) is 3.10. The number of rotatable bonds is 10. The van der Waals surface area contributed by atoms with Gasteiger partial charge in [-0.15, -0.1) is 0 Å². The largest absolute Gasteiger partial charge is 0.467 e. The minimum absolute atomic E-state index is 0.135. The van der Waals surface area contributed by atoms with E-state index in [0.29, 0.717) is 18.9 Å².